The van der Waals surface area contributed by atoms with Gasteiger partial charge in [-0.2, -0.15) is 10.2 Å². The summed E-state index contributed by atoms with van der Waals surface area (Å²) in [6, 6.07) is 8.66. The fourth-order valence-electron chi connectivity index (χ4n) is 3.15. The van der Waals surface area contributed by atoms with Crippen molar-refractivity contribution < 1.29 is 22.8 Å². The van der Waals surface area contributed by atoms with Crippen LogP contribution in [0.3, 0.4) is 0 Å². The number of carbonyl (C=O) groups excluding carboxylic acids is 1. The number of carbonyl (C=O) groups is 1. The van der Waals surface area contributed by atoms with Crippen LogP contribution in [-0.4, -0.2) is 47.4 Å². The maximum Gasteiger partial charge on any atom is 0.270 e. The summed E-state index contributed by atoms with van der Waals surface area (Å²) in [5.41, 5.74) is 2.86. The number of nitrogens with zero attached hydrogens (tertiary/aromatic N) is 5. The van der Waals surface area contributed by atoms with Crippen molar-refractivity contribution in [3.8, 4) is 23.4 Å². The first-order chi connectivity index (χ1) is 14.7. The molecule has 0 bridgehead atoms. The number of nitriles is 1. The van der Waals surface area contributed by atoms with Gasteiger partial charge in [-0.1, -0.05) is 0 Å². The summed E-state index contributed by atoms with van der Waals surface area (Å²) in [5.74, 6) is 0.295. The van der Waals surface area contributed by atoms with Gasteiger partial charge in [-0.15, -0.1) is 0 Å². The van der Waals surface area contributed by atoms with Crippen molar-refractivity contribution >= 4 is 17.9 Å². The van der Waals surface area contributed by atoms with Crippen molar-refractivity contribution in [3.63, 3.8) is 0 Å². The minimum absolute atomic E-state index is 0.00735. The first kappa shape index (κ1) is 19.4. The molecule has 4 rings (SSSR count). The third-order valence-corrected chi connectivity index (χ3v) is 4.63. The van der Waals surface area contributed by atoms with Crippen molar-refractivity contribution in [2.75, 3.05) is 24.8 Å². The van der Waals surface area contributed by atoms with Gasteiger partial charge < -0.3 is 14.2 Å². The van der Waals surface area contributed by atoms with Gasteiger partial charge in [0.25, 0.3) is 11.8 Å². The van der Waals surface area contributed by atoms with E-state index in [2.05, 4.69) is 15.1 Å². The normalized spacial score (nSPS) is 12.7. The summed E-state index contributed by atoms with van der Waals surface area (Å²) >= 11 is 0. The van der Waals surface area contributed by atoms with Crippen molar-refractivity contribution in [1.82, 2.24) is 15.1 Å². The van der Waals surface area contributed by atoms with Crippen LogP contribution in [0.4, 0.5) is 20.4 Å². The number of ether oxygens (including phenoxy) is 1. The van der Waals surface area contributed by atoms with E-state index in [1.165, 1.54) is 12.3 Å². The van der Waals surface area contributed by atoms with Crippen LogP contribution in [0.25, 0.3) is 11.5 Å². The zero-order valence-corrected chi connectivity index (χ0v) is 15.6. The summed E-state index contributed by atoms with van der Waals surface area (Å²) in [6.45, 7) is -1.45. The molecule has 1 aliphatic rings. The number of aromatic nitrogens is 3. The number of benzene rings is 1. The van der Waals surface area contributed by atoms with Crippen LogP contribution in [-0.2, 0) is 6.42 Å². The smallest absolute Gasteiger partial charge is 0.270 e. The molecule has 0 fully saturated rings. The van der Waals surface area contributed by atoms with E-state index in [1.807, 2.05) is 23.1 Å². The molecule has 30 heavy (non-hydrogen) atoms. The Morgan fingerprint density at radius 1 is 1.33 bits per heavy atom. The molecular weight excluding hydrogens is 396 g/mol. The summed E-state index contributed by atoms with van der Waals surface area (Å²) in [7, 11) is 0. The minimum Gasteiger partial charge on any atom is -0.468 e. The molecule has 0 amide bonds. The van der Waals surface area contributed by atoms with E-state index in [4.69, 9.17) is 9.26 Å². The predicted molar refractivity (Wildman–Crippen MR) is 101 cm³/mol. The first-order valence-electron chi connectivity index (χ1n) is 9.05. The Balaban J connectivity index is 1.59. The summed E-state index contributed by atoms with van der Waals surface area (Å²) in [5, 5.41) is 13.3. The molecular formula is C20H15F2N5O3. The fraction of sp³-hybridized carbons (Fsp3) is 0.250. The highest BCUT2D eigenvalue weighted by Gasteiger charge is 2.25. The molecule has 0 atom stereocenters. The van der Waals surface area contributed by atoms with Gasteiger partial charge in [0.1, 0.15) is 31.3 Å². The minimum atomic E-state index is -1.32. The van der Waals surface area contributed by atoms with Gasteiger partial charge in [0.2, 0.25) is 5.88 Å². The average Bonchev–Trinajstić information content (AvgIpc) is 3.44. The molecule has 0 saturated heterocycles. The standard InChI is InChI=1S/C20H15F2N5O3/c21-7-16(8-22)29-18-14(9-23)6-15(10-24-18)19-25-20(26-30-19)27-4-3-13-5-12(11-28)1-2-17(13)27/h1-2,5-6,10-11,16H,3-4,7-8H2. The van der Waals surface area contributed by atoms with Crippen molar-refractivity contribution in [1.29, 1.82) is 5.26 Å². The van der Waals surface area contributed by atoms with E-state index in [-0.39, 0.29) is 17.3 Å². The van der Waals surface area contributed by atoms with Gasteiger partial charge >= 0.3 is 0 Å². The van der Waals surface area contributed by atoms with Crippen LogP contribution in [0, 0.1) is 11.3 Å². The van der Waals surface area contributed by atoms with Crippen LogP contribution in [0.15, 0.2) is 35.0 Å². The molecule has 0 N–H and O–H groups in total. The van der Waals surface area contributed by atoms with E-state index in [9.17, 15) is 18.8 Å². The SMILES string of the molecule is N#Cc1cc(-c2nc(N3CCc4cc(C=O)ccc43)no2)cnc1OC(CF)CF. The molecule has 0 spiro atoms. The Bertz CT molecular complexity index is 1120. The number of anilines is 2. The monoisotopic (exact) mass is 411 g/mol. The van der Waals surface area contributed by atoms with Gasteiger partial charge in [-0.05, 0) is 41.4 Å². The number of alkyl halides is 2. The van der Waals surface area contributed by atoms with Crippen molar-refractivity contribution in [3.05, 3.63) is 47.2 Å². The fourth-order valence-corrected chi connectivity index (χ4v) is 3.15. The van der Waals surface area contributed by atoms with Gasteiger partial charge in [0.15, 0.2) is 6.10 Å². The summed E-state index contributed by atoms with van der Waals surface area (Å²) in [6.07, 6.45) is 1.54. The molecule has 10 heteroatoms. The maximum absolute atomic E-state index is 12.7. The van der Waals surface area contributed by atoms with E-state index < -0.39 is 19.5 Å². The topological polar surface area (TPSA) is 105 Å². The highest BCUT2D eigenvalue weighted by molar-refractivity contribution is 5.78. The van der Waals surface area contributed by atoms with Gasteiger partial charge in [-0.3, -0.25) is 4.79 Å². The summed E-state index contributed by atoms with van der Waals surface area (Å²) in [4.78, 5) is 21.2. The molecule has 152 valence electrons. The number of pyridine rings is 1. The van der Waals surface area contributed by atoms with Gasteiger partial charge in [0.05, 0.1) is 5.56 Å². The second-order valence-electron chi connectivity index (χ2n) is 6.54. The van der Waals surface area contributed by atoms with Gasteiger partial charge in [0, 0.05) is 24.0 Å². The lowest BCUT2D eigenvalue weighted by molar-refractivity contribution is 0.112. The Labute approximate surface area is 169 Å². The van der Waals surface area contributed by atoms with Crippen molar-refractivity contribution in [2.45, 2.75) is 12.5 Å². The Morgan fingerprint density at radius 3 is 2.90 bits per heavy atom. The molecule has 1 aliphatic heterocycles. The molecule has 0 aliphatic carbocycles. The zero-order chi connectivity index (χ0) is 21.1. The third kappa shape index (κ3) is 3.57. The molecule has 0 radical (unpaired) electrons. The largest absolute Gasteiger partial charge is 0.468 e. The highest BCUT2D eigenvalue weighted by Crippen LogP contribution is 2.34. The summed E-state index contributed by atoms with van der Waals surface area (Å²) < 4.78 is 35.8. The lowest BCUT2D eigenvalue weighted by atomic mass is 10.1. The van der Waals surface area contributed by atoms with E-state index >= 15 is 0 Å². The molecule has 0 saturated carbocycles. The zero-order valence-electron chi connectivity index (χ0n) is 15.6. The molecule has 8 nitrogen and oxygen atoms in total. The van der Waals surface area contributed by atoms with Crippen LogP contribution in [0.5, 0.6) is 5.88 Å². The van der Waals surface area contributed by atoms with Crippen LogP contribution < -0.4 is 9.64 Å². The van der Waals surface area contributed by atoms with E-state index in [0.717, 1.165) is 24.0 Å². The van der Waals surface area contributed by atoms with Crippen LogP contribution in [0.1, 0.15) is 21.5 Å². The highest BCUT2D eigenvalue weighted by atomic mass is 19.1. The Hall–Kier alpha value is -3.87. The second-order valence-corrected chi connectivity index (χ2v) is 6.54. The number of fused-ring (bicyclic) bond motifs is 1. The first-order valence-corrected chi connectivity index (χ1v) is 9.05. The quantitative estimate of drug-likeness (QED) is 0.546. The lowest BCUT2D eigenvalue weighted by Crippen LogP contribution is -2.22. The molecule has 3 heterocycles. The van der Waals surface area contributed by atoms with E-state index in [1.54, 1.807) is 6.07 Å². The Morgan fingerprint density at radius 2 is 2.17 bits per heavy atom. The molecule has 3 aromatic rings. The number of rotatable bonds is 7. The average molecular weight is 411 g/mol. The van der Waals surface area contributed by atoms with Crippen molar-refractivity contribution in [2.24, 2.45) is 0 Å². The molecule has 1 aromatic carbocycles. The Kier molecular flexibility index (Phi) is 5.34. The molecule has 2 aromatic heterocycles. The maximum atomic E-state index is 12.7. The number of halogens is 2. The number of hydrogen-bond acceptors (Lipinski definition) is 8. The molecule has 0 unspecified atom stereocenters. The third-order valence-electron chi connectivity index (χ3n) is 4.63. The lowest BCUT2D eigenvalue weighted by Gasteiger charge is -2.13. The van der Waals surface area contributed by atoms with Crippen LogP contribution >= 0.6 is 0 Å². The predicted octanol–water partition coefficient (Wildman–Crippen LogP) is 3.20. The van der Waals surface area contributed by atoms with E-state index in [0.29, 0.717) is 23.6 Å². The second kappa shape index (κ2) is 8.24. The number of aldehydes is 1. The van der Waals surface area contributed by atoms with Gasteiger partial charge in [-0.25, -0.2) is 13.8 Å². The van der Waals surface area contributed by atoms with Crippen LogP contribution in [0.2, 0.25) is 0 Å². The number of hydrogen-bond donors (Lipinski definition) is 0.